The summed E-state index contributed by atoms with van der Waals surface area (Å²) in [6.07, 6.45) is 6.79. The summed E-state index contributed by atoms with van der Waals surface area (Å²) in [6, 6.07) is 6.38. The van der Waals surface area contributed by atoms with Crippen molar-refractivity contribution in [3.05, 3.63) is 29.3 Å². The molecular formula is C13H20N2. The first kappa shape index (κ1) is 10.5. The van der Waals surface area contributed by atoms with E-state index in [2.05, 4.69) is 12.1 Å². The first-order chi connectivity index (χ1) is 7.31. The molecule has 0 unspecified atom stereocenters. The summed E-state index contributed by atoms with van der Waals surface area (Å²) in [7, 11) is 0. The molecule has 1 aromatic rings. The molecule has 0 atom stereocenters. The van der Waals surface area contributed by atoms with Crippen molar-refractivity contribution in [2.75, 3.05) is 5.73 Å². The van der Waals surface area contributed by atoms with Gasteiger partial charge in [-0.3, -0.25) is 0 Å². The van der Waals surface area contributed by atoms with E-state index in [1.54, 1.807) is 0 Å². The molecule has 0 heterocycles. The first-order valence-corrected chi connectivity index (χ1v) is 5.89. The molecular weight excluding hydrogens is 184 g/mol. The zero-order valence-electron chi connectivity index (χ0n) is 9.21. The highest BCUT2D eigenvalue weighted by Crippen LogP contribution is 2.33. The Kier molecular flexibility index (Phi) is 3.27. The van der Waals surface area contributed by atoms with Gasteiger partial charge in [0, 0.05) is 12.2 Å². The number of nitrogens with two attached hydrogens (primary N) is 2. The molecule has 0 bridgehead atoms. The topological polar surface area (TPSA) is 52.0 Å². The highest BCUT2D eigenvalue weighted by molar-refractivity contribution is 5.49. The number of hydrogen-bond donors (Lipinski definition) is 2. The van der Waals surface area contributed by atoms with Crippen LogP contribution >= 0.6 is 0 Å². The molecule has 1 saturated carbocycles. The Bertz CT molecular complexity index is 327. The van der Waals surface area contributed by atoms with E-state index in [-0.39, 0.29) is 0 Å². The van der Waals surface area contributed by atoms with Crippen LogP contribution in [0.15, 0.2) is 18.2 Å². The second-order valence-electron chi connectivity index (χ2n) is 4.50. The summed E-state index contributed by atoms with van der Waals surface area (Å²) in [5, 5.41) is 0. The van der Waals surface area contributed by atoms with Gasteiger partial charge in [-0.1, -0.05) is 31.4 Å². The lowest BCUT2D eigenvalue weighted by Gasteiger charge is -2.22. The van der Waals surface area contributed by atoms with Crippen LogP contribution in [0, 0.1) is 0 Å². The molecule has 1 aliphatic carbocycles. The summed E-state index contributed by atoms with van der Waals surface area (Å²) in [6.45, 7) is 0.548. The van der Waals surface area contributed by atoms with Crippen molar-refractivity contribution in [2.24, 2.45) is 5.73 Å². The summed E-state index contributed by atoms with van der Waals surface area (Å²) < 4.78 is 0. The van der Waals surface area contributed by atoms with E-state index in [0.717, 1.165) is 17.2 Å². The molecule has 0 aromatic heterocycles. The lowest BCUT2D eigenvalue weighted by atomic mass is 9.83. The SMILES string of the molecule is NCc1cc(C2CCCCC2)ccc1N. The Morgan fingerprint density at radius 3 is 2.53 bits per heavy atom. The summed E-state index contributed by atoms with van der Waals surface area (Å²) in [5.41, 5.74) is 14.9. The van der Waals surface area contributed by atoms with Gasteiger partial charge in [-0.2, -0.15) is 0 Å². The molecule has 4 N–H and O–H groups in total. The van der Waals surface area contributed by atoms with Gasteiger partial charge in [0.15, 0.2) is 0 Å². The number of rotatable bonds is 2. The van der Waals surface area contributed by atoms with Gasteiger partial charge in [-0.25, -0.2) is 0 Å². The fraction of sp³-hybridized carbons (Fsp3) is 0.538. The Hall–Kier alpha value is -1.02. The molecule has 82 valence electrons. The van der Waals surface area contributed by atoms with Gasteiger partial charge < -0.3 is 11.5 Å². The van der Waals surface area contributed by atoms with Gasteiger partial charge in [0.1, 0.15) is 0 Å². The van der Waals surface area contributed by atoms with E-state index in [9.17, 15) is 0 Å². The smallest absolute Gasteiger partial charge is 0.0359 e. The van der Waals surface area contributed by atoms with E-state index in [1.165, 1.54) is 37.7 Å². The number of nitrogen functional groups attached to an aromatic ring is 1. The first-order valence-electron chi connectivity index (χ1n) is 5.89. The lowest BCUT2D eigenvalue weighted by molar-refractivity contribution is 0.443. The third kappa shape index (κ3) is 2.32. The fourth-order valence-electron chi connectivity index (χ4n) is 2.49. The van der Waals surface area contributed by atoms with Crippen LogP contribution in [0.3, 0.4) is 0 Å². The van der Waals surface area contributed by atoms with Crippen LogP contribution in [0.4, 0.5) is 5.69 Å². The van der Waals surface area contributed by atoms with Crippen molar-refractivity contribution in [3.63, 3.8) is 0 Å². The van der Waals surface area contributed by atoms with Crippen molar-refractivity contribution in [1.29, 1.82) is 0 Å². The van der Waals surface area contributed by atoms with E-state index in [1.807, 2.05) is 6.07 Å². The predicted octanol–water partition coefficient (Wildman–Crippen LogP) is 2.78. The van der Waals surface area contributed by atoms with Gasteiger partial charge >= 0.3 is 0 Å². The van der Waals surface area contributed by atoms with Crippen LogP contribution in [-0.2, 0) is 6.54 Å². The molecule has 1 aromatic carbocycles. The van der Waals surface area contributed by atoms with Crippen molar-refractivity contribution < 1.29 is 0 Å². The third-order valence-corrected chi connectivity index (χ3v) is 3.46. The van der Waals surface area contributed by atoms with E-state index >= 15 is 0 Å². The molecule has 0 aliphatic heterocycles. The molecule has 0 amide bonds. The maximum absolute atomic E-state index is 5.85. The summed E-state index contributed by atoms with van der Waals surface area (Å²) in [5.74, 6) is 0.740. The highest BCUT2D eigenvalue weighted by Gasteiger charge is 2.15. The monoisotopic (exact) mass is 204 g/mol. The van der Waals surface area contributed by atoms with E-state index in [4.69, 9.17) is 11.5 Å². The maximum Gasteiger partial charge on any atom is 0.0359 e. The van der Waals surface area contributed by atoms with Crippen molar-refractivity contribution in [3.8, 4) is 0 Å². The average molecular weight is 204 g/mol. The van der Waals surface area contributed by atoms with Crippen molar-refractivity contribution >= 4 is 5.69 Å². The highest BCUT2D eigenvalue weighted by atomic mass is 14.6. The van der Waals surface area contributed by atoms with Gasteiger partial charge in [0.05, 0.1) is 0 Å². The minimum absolute atomic E-state index is 0.548. The van der Waals surface area contributed by atoms with Crippen molar-refractivity contribution in [1.82, 2.24) is 0 Å². The molecule has 15 heavy (non-hydrogen) atoms. The van der Waals surface area contributed by atoms with Gasteiger partial charge in [0.25, 0.3) is 0 Å². The molecule has 0 saturated heterocycles. The minimum Gasteiger partial charge on any atom is -0.398 e. The van der Waals surface area contributed by atoms with Crippen LogP contribution < -0.4 is 11.5 Å². The van der Waals surface area contributed by atoms with Crippen LogP contribution in [0.5, 0.6) is 0 Å². The second kappa shape index (κ2) is 4.67. The molecule has 0 spiro atoms. The molecule has 2 rings (SSSR count). The normalized spacial score (nSPS) is 17.9. The number of anilines is 1. The Morgan fingerprint density at radius 1 is 1.13 bits per heavy atom. The van der Waals surface area contributed by atoms with Crippen LogP contribution in [0.2, 0.25) is 0 Å². The minimum atomic E-state index is 0.548. The zero-order chi connectivity index (χ0) is 10.7. The third-order valence-electron chi connectivity index (χ3n) is 3.46. The van der Waals surface area contributed by atoms with Crippen LogP contribution in [0.25, 0.3) is 0 Å². The molecule has 0 radical (unpaired) electrons. The van der Waals surface area contributed by atoms with E-state index < -0.39 is 0 Å². The fourth-order valence-corrected chi connectivity index (χ4v) is 2.49. The molecule has 2 nitrogen and oxygen atoms in total. The van der Waals surface area contributed by atoms with Gasteiger partial charge in [-0.15, -0.1) is 0 Å². The zero-order valence-corrected chi connectivity index (χ0v) is 9.21. The summed E-state index contributed by atoms with van der Waals surface area (Å²) in [4.78, 5) is 0. The number of benzene rings is 1. The second-order valence-corrected chi connectivity index (χ2v) is 4.50. The summed E-state index contributed by atoms with van der Waals surface area (Å²) >= 11 is 0. The van der Waals surface area contributed by atoms with Gasteiger partial charge in [-0.05, 0) is 36.0 Å². The van der Waals surface area contributed by atoms with Crippen molar-refractivity contribution in [2.45, 2.75) is 44.6 Å². The van der Waals surface area contributed by atoms with Crippen LogP contribution in [-0.4, -0.2) is 0 Å². The number of hydrogen-bond acceptors (Lipinski definition) is 2. The molecule has 1 fully saturated rings. The largest absolute Gasteiger partial charge is 0.398 e. The Labute approximate surface area is 91.7 Å². The quantitative estimate of drug-likeness (QED) is 0.728. The average Bonchev–Trinajstić information content (AvgIpc) is 2.31. The standard InChI is InChI=1S/C13H20N2/c14-9-12-8-11(6-7-13(12)15)10-4-2-1-3-5-10/h6-8,10H,1-5,9,14-15H2. The Balaban J connectivity index is 2.20. The molecule has 2 heteroatoms. The maximum atomic E-state index is 5.85. The Morgan fingerprint density at radius 2 is 1.87 bits per heavy atom. The van der Waals surface area contributed by atoms with Crippen LogP contribution in [0.1, 0.15) is 49.1 Å². The predicted molar refractivity (Wildman–Crippen MR) is 64.6 cm³/mol. The molecule has 1 aliphatic rings. The lowest BCUT2D eigenvalue weighted by Crippen LogP contribution is -2.07. The van der Waals surface area contributed by atoms with Gasteiger partial charge in [0.2, 0.25) is 0 Å². The van der Waals surface area contributed by atoms with E-state index in [0.29, 0.717) is 6.54 Å².